The number of rotatable bonds is 6. The molecule has 2 N–H and O–H groups in total. The Labute approximate surface area is 149 Å². The van der Waals surface area contributed by atoms with Crippen molar-refractivity contribution in [1.82, 2.24) is 20.4 Å². The first-order chi connectivity index (χ1) is 12.3. The topological polar surface area (TPSA) is 79.4 Å². The summed E-state index contributed by atoms with van der Waals surface area (Å²) < 4.78 is 5.34. The molecule has 2 heterocycles. The highest BCUT2D eigenvalue weighted by atomic mass is 16.5. The first-order valence-electron chi connectivity index (χ1n) is 9.50. The lowest BCUT2D eigenvalue weighted by atomic mass is 10.1. The van der Waals surface area contributed by atoms with Gasteiger partial charge in [0.2, 0.25) is 0 Å². The van der Waals surface area contributed by atoms with E-state index in [2.05, 4.69) is 25.7 Å². The van der Waals surface area contributed by atoms with Gasteiger partial charge < -0.3 is 15.4 Å². The molecule has 1 amide bonds. The lowest BCUT2D eigenvalue weighted by molar-refractivity contribution is 0.0398. The predicted octanol–water partition coefficient (Wildman–Crippen LogP) is 1.67. The minimum atomic E-state index is -0.112. The maximum Gasteiger partial charge on any atom is 0.272 e. The average Bonchev–Trinajstić information content (AvgIpc) is 2.92. The van der Waals surface area contributed by atoms with Gasteiger partial charge in [-0.25, -0.2) is 0 Å². The molecular weight excluding hydrogens is 318 g/mol. The van der Waals surface area contributed by atoms with E-state index < -0.39 is 0 Å². The Morgan fingerprint density at radius 3 is 2.56 bits per heavy atom. The van der Waals surface area contributed by atoms with Gasteiger partial charge in [0.1, 0.15) is 5.82 Å². The van der Waals surface area contributed by atoms with Gasteiger partial charge in [0.15, 0.2) is 5.69 Å². The number of carbonyl (C=O) groups is 1. The van der Waals surface area contributed by atoms with Gasteiger partial charge in [0.25, 0.3) is 5.91 Å². The summed E-state index contributed by atoms with van der Waals surface area (Å²) in [6, 6.07) is 3.85. The van der Waals surface area contributed by atoms with E-state index in [0.29, 0.717) is 11.5 Å². The number of nitrogens with zero attached hydrogens (tertiary/aromatic N) is 3. The number of aromatic nitrogens is 2. The minimum Gasteiger partial charge on any atom is -0.379 e. The molecule has 1 aliphatic carbocycles. The standard InChI is InChI=1S/C18H29N5O2/c24-18(20-15-5-3-1-2-4-6-15)16-7-8-17(22-21-16)19-9-10-23-11-13-25-14-12-23/h7-8,15H,1-6,9-14H2,(H,19,22)(H,20,24). The molecule has 7 nitrogen and oxygen atoms in total. The summed E-state index contributed by atoms with van der Waals surface area (Å²) in [5.74, 6) is 0.596. The normalized spacial score (nSPS) is 20.0. The first-order valence-corrected chi connectivity index (χ1v) is 9.50. The summed E-state index contributed by atoms with van der Waals surface area (Å²) in [5, 5.41) is 14.6. The van der Waals surface area contributed by atoms with Crippen LogP contribution in [0, 0.1) is 0 Å². The Morgan fingerprint density at radius 2 is 1.88 bits per heavy atom. The van der Waals surface area contributed by atoms with E-state index in [1.165, 1.54) is 25.7 Å². The molecule has 25 heavy (non-hydrogen) atoms. The molecule has 0 aromatic carbocycles. The summed E-state index contributed by atoms with van der Waals surface area (Å²) in [7, 11) is 0. The number of anilines is 1. The number of hydrogen-bond donors (Lipinski definition) is 2. The fourth-order valence-electron chi connectivity index (χ4n) is 3.40. The van der Waals surface area contributed by atoms with Gasteiger partial charge in [-0.15, -0.1) is 10.2 Å². The quantitative estimate of drug-likeness (QED) is 0.762. The second-order valence-electron chi connectivity index (χ2n) is 6.85. The third-order valence-electron chi connectivity index (χ3n) is 4.93. The van der Waals surface area contributed by atoms with Crippen LogP contribution in [-0.2, 0) is 4.74 Å². The van der Waals surface area contributed by atoms with Gasteiger partial charge in [-0.3, -0.25) is 9.69 Å². The van der Waals surface area contributed by atoms with E-state index >= 15 is 0 Å². The van der Waals surface area contributed by atoms with Gasteiger partial charge in [-0.2, -0.15) is 0 Å². The molecule has 0 bridgehead atoms. The Bertz CT molecular complexity index is 523. The fourth-order valence-corrected chi connectivity index (χ4v) is 3.40. The summed E-state index contributed by atoms with van der Waals surface area (Å²) in [5.41, 5.74) is 0.392. The zero-order valence-electron chi connectivity index (χ0n) is 14.9. The van der Waals surface area contributed by atoms with Crippen LogP contribution >= 0.6 is 0 Å². The molecule has 1 saturated heterocycles. The Hall–Kier alpha value is -1.73. The summed E-state index contributed by atoms with van der Waals surface area (Å²) >= 11 is 0. The van der Waals surface area contributed by atoms with Crippen LogP contribution in [0.2, 0.25) is 0 Å². The van der Waals surface area contributed by atoms with Crippen molar-refractivity contribution in [1.29, 1.82) is 0 Å². The molecule has 1 saturated carbocycles. The van der Waals surface area contributed by atoms with E-state index in [9.17, 15) is 4.79 Å². The number of morpholine rings is 1. The van der Waals surface area contributed by atoms with Crippen molar-refractivity contribution in [3.05, 3.63) is 17.8 Å². The zero-order chi connectivity index (χ0) is 17.3. The number of nitrogens with one attached hydrogen (secondary N) is 2. The monoisotopic (exact) mass is 347 g/mol. The molecule has 0 atom stereocenters. The van der Waals surface area contributed by atoms with Crippen LogP contribution in [0.4, 0.5) is 5.82 Å². The van der Waals surface area contributed by atoms with Crippen molar-refractivity contribution in [3.8, 4) is 0 Å². The molecule has 1 aromatic heterocycles. The van der Waals surface area contributed by atoms with Gasteiger partial charge in [-0.05, 0) is 25.0 Å². The minimum absolute atomic E-state index is 0.112. The van der Waals surface area contributed by atoms with Crippen LogP contribution in [0.25, 0.3) is 0 Å². The molecule has 138 valence electrons. The van der Waals surface area contributed by atoms with Crippen LogP contribution in [0.5, 0.6) is 0 Å². The summed E-state index contributed by atoms with van der Waals surface area (Å²) in [4.78, 5) is 14.7. The number of carbonyl (C=O) groups excluding carboxylic acids is 1. The number of amides is 1. The SMILES string of the molecule is O=C(NC1CCCCCC1)c1ccc(NCCN2CCOCC2)nn1. The first kappa shape index (κ1) is 18.1. The third-order valence-corrected chi connectivity index (χ3v) is 4.93. The third kappa shape index (κ3) is 5.93. The molecule has 0 radical (unpaired) electrons. The van der Waals surface area contributed by atoms with Crippen molar-refractivity contribution >= 4 is 11.7 Å². The molecule has 0 unspecified atom stereocenters. The zero-order valence-corrected chi connectivity index (χ0v) is 14.9. The van der Waals surface area contributed by atoms with E-state index in [4.69, 9.17) is 4.74 Å². The Morgan fingerprint density at radius 1 is 1.12 bits per heavy atom. The van der Waals surface area contributed by atoms with E-state index in [1.807, 2.05) is 6.07 Å². The summed E-state index contributed by atoms with van der Waals surface area (Å²) in [6.45, 7) is 5.34. The second-order valence-corrected chi connectivity index (χ2v) is 6.85. The molecule has 2 aliphatic rings. The lowest BCUT2D eigenvalue weighted by Crippen LogP contribution is -2.39. The maximum atomic E-state index is 12.3. The molecule has 1 aliphatic heterocycles. The van der Waals surface area contributed by atoms with Gasteiger partial charge in [0, 0.05) is 32.2 Å². The van der Waals surface area contributed by atoms with Gasteiger partial charge in [0.05, 0.1) is 13.2 Å². The van der Waals surface area contributed by atoms with Crippen LogP contribution in [0.15, 0.2) is 12.1 Å². The van der Waals surface area contributed by atoms with Crippen molar-refractivity contribution in [3.63, 3.8) is 0 Å². The number of hydrogen-bond acceptors (Lipinski definition) is 6. The molecule has 0 spiro atoms. The molecule has 2 fully saturated rings. The van der Waals surface area contributed by atoms with E-state index in [1.54, 1.807) is 6.07 Å². The highest BCUT2D eigenvalue weighted by Gasteiger charge is 2.17. The Balaban J connectivity index is 1.42. The van der Waals surface area contributed by atoms with Crippen LogP contribution in [0.1, 0.15) is 49.0 Å². The van der Waals surface area contributed by atoms with Gasteiger partial charge >= 0.3 is 0 Å². The van der Waals surface area contributed by atoms with Gasteiger partial charge in [-0.1, -0.05) is 25.7 Å². The maximum absolute atomic E-state index is 12.3. The van der Waals surface area contributed by atoms with Crippen molar-refractivity contribution < 1.29 is 9.53 Å². The van der Waals surface area contributed by atoms with Crippen LogP contribution in [0.3, 0.4) is 0 Å². The largest absolute Gasteiger partial charge is 0.379 e. The average molecular weight is 347 g/mol. The van der Waals surface area contributed by atoms with Crippen molar-refractivity contribution in [2.24, 2.45) is 0 Å². The molecule has 7 heteroatoms. The highest BCUT2D eigenvalue weighted by Crippen LogP contribution is 2.17. The smallest absolute Gasteiger partial charge is 0.272 e. The number of ether oxygens (including phenoxy) is 1. The highest BCUT2D eigenvalue weighted by molar-refractivity contribution is 5.92. The molecule has 1 aromatic rings. The summed E-state index contributed by atoms with van der Waals surface area (Å²) in [6.07, 6.45) is 7.08. The Kier molecular flexibility index (Phi) is 6.99. The van der Waals surface area contributed by atoms with Crippen LogP contribution in [-0.4, -0.2) is 66.4 Å². The molecular formula is C18H29N5O2. The van der Waals surface area contributed by atoms with Crippen molar-refractivity contribution in [2.75, 3.05) is 44.7 Å². The second kappa shape index (κ2) is 9.68. The van der Waals surface area contributed by atoms with E-state index in [-0.39, 0.29) is 11.9 Å². The molecule has 3 rings (SSSR count). The van der Waals surface area contributed by atoms with E-state index in [0.717, 1.165) is 52.2 Å². The van der Waals surface area contributed by atoms with Crippen molar-refractivity contribution in [2.45, 2.75) is 44.6 Å². The lowest BCUT2D eigenvalue weighted by Gasteiger charge is -2.26. The predicted molar refractivity (Wildman–Crippen MR) is 96.7 cm³/mol. The van der Waals surface area contributed by atoms with Crippen LogP contribution < -0.4 is 10.6 Å². The fraction of sp³-hybridized carbons (Fsp3) is 0.722.